The van der Waals surface area contributed by atoms with Crippen LogP contribution >= 0.6 is 34.5 Å². The fraction of sp³-hybridized carbons (Fsp3) is 0. The topological polar surface area (TPSA) is 65.2 Å². The Morgan fingerprint density at radius 1 is 1.15 bits per heavy atom. The molecule has 0 saturated carbocycles. The molecule has 1 rings (SSSR count). The third kappa shape index (κ3) is 2.12. The maximum atomic E-state index is 8.31. The molecular formula is C6H4Cl2N2O2S. The Labute approximate surface area is 87.7 Å². The summed E-state index contributed by atoms with van der Waals surface area (Å²) in [5.74, 6) is 0. The molecular weight excluding hydrogens is 235 g/mol. The molecule has 0 aliphatic heterocycles. The molecule has 1 heterocycles. The first-order valence-electron chi connectivity index (χ1n) is 3.03. The third-order valence-corrected chi connectivity index (χ3v) is 3.19. The summed E-state index contributed by atoms with van der Waals surface area (Å²) in [5, 5.41) is 22.5. The van der Waals surface area contributed by atoms with Crippen molar-refractivity contribution in [2.45, 2.75) is 0 Å². The number of thiophene rings is 1. The van der Waals surface area contributed by atoms with E-state index in [9.17, 15) is 0 Å². The van der Waals surface area contributed by atoms with Crippen LogP contribution in [0.1, 0.15) is 10.4 Å². The fourth-order valence-electron chi connectivity index (χ4n) is 0.737. The molecule has 0 saturated heterocycles. The van der Waals surface area contributed by atoms with Crippen LogP contribution in [-0.2, 0) is 0 Å². The second-order valence-corrected chi connectivity index (χ2v) is 3.99. The summed E-state index contributed by atoms with van der Waals surface area (Å²) in [6.07, 6.45) is 2.29. The molecule has 7 heteroatoms. The van der Waals surface area contributed by atoms with Crippen molar-refractivity contribution in [1.82, 2.24) is 0 Å². The van der Waals surface area contributed by atoms with Crippen molar-refractivity contribution >= 4 is 47.0 Å². The molecule has 70 valence electrons. The summed E-state index contributed by atoms with van der Waals surface area (Å²) in [7, 11) is 0. The summed E-state index contributed by atoms with van der Waals surface area (Å²) in [5.41, 5.74) is 0.428. The van der Waals surface area contributed by atoms with Gasteiger partial charge in [0, 0.05) is 5.56 Å². The van der Waals surface area contributed by atoms with Gasteiger partial charge < -0.3 is 10.4 Å². The van der Waals surface area contributed by atoms with Gasteiger partial charge in [-0.15, -0.1) is 11.3 Å². The Bertz CT molecular complexity index is 362. The summed E-state index contributed by atoms with van der Waals surface area (Å²) < 4.78 is 0.353. The van der Waals surface area contributed by atoms with Gasteiger partial charge in [-0.3, -0.25) is 0 Å². The lowest BCUT2D eigenvalue weighted by molar-refractivity contribution is 0.321. The van der Waals surface area contributed by atoms with Crippen LogP contribution in [0.25, 0.3) is 0 Å². The lowest BCUT2D eigenvalue weighted by Gasteiger charge is -1.88. The number of hydrogen-bond acceptors (Lipinski definition) is 5. The first-order valence-corrected chi connectivity index (χ1v) is 4.60. The highest BCUT2D eigenvalue weighted by Gasteiger charge is 2.12. The highest BCUT2D eigenvalue weighted by atomic mass is 35.5. The maximum Gasteiger partial charge on any atom is 0.113 e. The van der Waals surface area contributed by atoms with Gasteiger partial charge in [0.15, 0.2) is 0 Å². The third-order valence-electron chi connectivity index (χ3n) is 1.24. The zero-order valence-corrected chi connectivity index (χ0v) is 8.44. The Morgan fingerprint density at radius 3 is 2.31 bits per heavy atom. The molecule has 1 aromatic heterocycles. The average molecular weight is 239 g/mol. The van der Waals surface area contributed by atoms with Crippen LogP contribution in [-0.4, -0.2) is 22.8 Å². The summed E-state index contributed by atoms with van der Waals surface area (Å²) >= 11 is 12.6. The highest BCUT2D eigenvalue weighted by Crippen LogP contribution is 2.34. The van der Waals surface area contributed by atoms with Crippen LogP contribution in [0.15, 0.2) is 10.3 Å². The molecule has 0 fully saturated rings. The minimum atomic E-state index is 0.277. The van der Waals surface area contributed by atoms with Crippen molar-refractivity contribution in [2.24, 2.45) is 10.3 Å². The van der Waals surface area contributed by atoms with Crippen molar-refractivity contribution in [1.29, 1.82) is 0 Å². The molecule has 0 atom stereocenters. The second-order valence-electron chi connectivity index (χ2n) is 1.96. The van der Waals surface area contributed by atoms with Gasteiger partial charge in [0.2, 0.25) is 0 Å². The summed E-state index contributed by atoms with van der Waals surface area (Å²) in [6.45, 7) is 0. The van der Waals surface area contributed by atoms with Crippen molar-refractivity contribution in [3.8, 4) is 0 Å². The molecule has 1 aromatic rings. The van der Waals surface area contributed by atoms with Crippen molar-refractivity contribution in [3.05, 3.63) is 19.8 Å². The van der Waals surface area contributed by atoms with Crippen LogP contribution in [0.5, 0.6) is 0 Å². The van der Waals surface area contributed by atoms with E-state index in [0.717, 1.165) is 17.6 Å². The van der Waals surface area contributed by atoms with Crippen LogP contribution in [0.4, 0.5) is 0 Å². The van der Waals surface area contributed by atoms with E-state index in [-0.39, 0.29) is 5.02 Å². The maximum absolute atomic E-state index is 8.31. The molecule has 4 nitrogen and oxygen atoms in total. The molecule has 13 heavy (non-hydrogen) atoms. The number of rotatable bonds is 2. The number of nitrogens with zero attached hydrogens (tertiary/aromatic N) is 2. The minimum absolute atomic E-state index is 0.277. The molecule has 0 spiro atoms. The van der Waals surface area contributed by atoms with Gasteiger partial charge in [-0.05, 0) is 0 Å². The van der Waals surface area contributed by atoms with Gasteiger partial charge >= 0.3 is 0 Å². The summed E-state index contributed by atoms with van der Waals surface area (Å²) in [6, 6.07) is 0. The zero-order valence-electron chi connectivity index (χ0n) is 6.11. The van der Waals surface area contributed by atoms with Gasteiger partial charge in [0.05, 0.1) is 22.3 Å². The molecule has 0 aromatic carbocycles. The fourth-order valence-corrected chi connectivity index (χ4v) is 2.17. The van der Waals surface area contributed by atoms with E-state index < -0.39 is 0 Å². The van der Waals surface area contributed by atoms with E-state index in [1.807, 2.05) is 0 Å². The Hall–Kier alpha value is -0.780. The number of oxime groups is 2. The van der Waals surface area contributed by atoms with Crippen molar-refractivity contribution in [3.63, 3.8) is 0 Å². The predicted molar refractivity (Wildman–Crippen MR) is 53.1 cm³/mol. The molecule has 0 radical (unpaired) electrons. The van der Waals surface area contributed by atoms with Crippen LogP contribution in [0.3, 0.4) is 0 Å². The lowest BCUT2D eigenvalue weighted by atomic mass is 10.3. The quantitative estimate of drug-likeness (QED) is 0.473. The highest BCUT2D eigenvalue weighted by molar-refractivity contribution is 7.18. The van der Waals surface area contributed by atoms with Gasteiger partial charge in [0.25, 0.3) is 0 Å². The number of hydrogen-bond donors (Lipinski definition) is 2. The Morgan fingerprint density at radius 2 is 1.77 bits per heavy atom. The largest absolute Gasteiger partial charge is 0.411 e. The van der Waals surface area contributed by atoms with E-state index in [1.165, 1.54) is 6.21 Å². The molecule has 0 unspecified atom stereocenters. The van der Waals surface area contributed by atoms with Crippen molar-refractivity contribution < 1.29 is 10.4 Å². The van der Waals surface area contributed by atoms with E-state index in [1.54, 1.807) is 0 Å². The van der Waals surface area contributed by atoms with E-state index >= 15 is 0 Å². The number of halogens is 2. The smallest absolute Gasteiger partial charge is 0.113 e. The predicted octanol–water partition coefficient (Wildman–Crippen LogP) is 2.67. The van der Waals surface area contributed by atoms with Gasteiger partial charge in [-0.2, -0.15) is 0 Å². The first-order chi connectivity index (χ1) is 6.20. The van der Waals surface area contributed by atoms with Gasteiger partial charge in [-0.25, -0.2) is 0 Å². The van der Waals surface area contributed by atoms with E-state index in [2.05, 4.69) is 10.3 Å². The monoisotopic (exact) mass is 238 g/mol. The van der Waals surface area contributed by atoms with E-state index in [4.69, 9.17) is 33.6 Å². The molecule has 0 aliphatic rings. The minimum Gasteiger partial charge on any atom is -0.411 e. The lowest BCUT2D eigenvalue weighted by Crippen LogP contribution is -1.85. The van der Waals surface area contributed by atoms with Crippen LogP contribution in [0, 0.1) is 0 Å². The standard InChI is InChI=1S/C6H4Cl2N2O2S/c7-5-3(1-9-11)4(2-10-12)13-6(5)8/h1-2,11-12H. The van der Waals surface area contributed by atoms with Crippen LogP contribution in [0.2, 0.25) is 9.36 Å². The SMILES string of the molecule is ON=Cc1sc(Cl)c(Cl)c1C=NO. The zero-order chi connectivity index (χ0) is 9.84. The normalized spacial score (nSPS) is 11.8. The first kappa shape index (κ1) is 10.3. The molecule has 2 N–H and O–H groups in total. The summed E-state index contributed by atoms with van der Waals surface area (Å²) in [4.78, 5) is 0.523. The average Bonchev–Trinajstić information content (AvgIpc) is 2.34. The van der Waals surface area contributed by atoms with Crippen molar-refractivity contribution in [2.75, 3.05) is 0 Å². The second kappa shape index (κ2) is 4.45. The van der Waals surface area contributed by atoms with Crippen LogP contribution < -0.4 is 0 Å². The molecule has 0 bridgehead atoms. The van der Waals surface area contributed by atoms with Gasteiger partial charge in [-0.1, -0.05) is 33.5 Å². The molecule has 0 amide bonds. The molecule has 0 aliphatic carbocycles. The Balaban J connectivity index is 3.26. The van der Waals surface area contributed by atoms with Gasteiger partial charge in [0.1, 0.15) is 4.34 Å². The Kier molecular flexibility index (Phi) is 3.53. The van der Waals surface area contributed by atoms with E-state index in [0.29, 0.717) is 14.8 Å².